The lowest BCUT2D eigenvalue weighted by Gasteiger charge is -2.37. The van der Waals surface area contributed by atoms with Crippen molar-refractivity contribution in [3.8, 4) is 0 Å². The maximum Gasteiger partial charge on any atom is 0.143 e. The first kappa shape index (κ1) is 19.5. The van der Waals surface area contributed by atoms with E-state index in [0.29, 0.717) is 5.71 Å². The molecule has 3 aromatic carbocycles. The summed E-state index contributed by atoms with van der Waals surface area (Å²) in [5.41, 5.74) is 2.66. The molecule has 2 atom stereocenters. The molecule has 4 nitrogen and oxygen atoms in total. The molecular weight excluding hydrogens is 362 g/mol. The van der Waals surface area contributed by atoms with E-state index in [1.807, 2.05) is 54.6 Å². The zero-order valence-corrected chi connectivity index (χ0v) is 16.2. The van der Waals surface area contributed by atoms with E-state index in [9.17, 15) is 5.11 Å². The minimum Gasteiger partial charge on any atom is -0.396 e. The van der Waals surface area contributed by atoms with Crippen LogP contribution in [0.2, 0.25) is 0 Å². The number of aliphatic hydroxyl groups is 1. The van der Waals surface area contributed by atoms with Gasteiger partial charge in [0.05, 0.1) is 31.8 Å². The summed E-state index contributed by atoms with van der Waals surface area (Å²) >= 11 is 0. The highest BCUT2D eigenvalue weighted by Crippen LogP contribution is 2.41. The topological polar surface area (TPSA) is 62.5 Å². The Morgan fingerprint density at radius 3 is 1.69 bits per heavy atom. The summed E-state index contributed by atoms with van der Waals surface area (Å²) in [4.78, 5) is 0. The molecule has 148 valence electrons. The number of rotatable bonds is 7. The van der Waals surface area contributed by atoms with E-state index in [1.54, 1.807) is 0 Å². The minimum atomic E-state index is -0.822. The smallest absolute Gasteiger partial charge is 0.143 e. The Kier molecular flexibility index (Phi) is 5.86. The van der Waals surface area contributed by atoms with Crippen LogP contribution in [-0.4, -0.2) is 36.7 Å². The maximum atomic E-state index is 9.71. The summed E-state index contributed by atoms with van der Waals surface area (Å²) in [7, 11) is 0. The lowest BCUT2D eigenvalue weighted by Crippen LogP contribution is -2.38. The van der Waals surface area contributed by atoms with Crippen LogP contribution in [0.15, 0.2) is 91.0 Å². The van der Waals surface area contributed by atoms with Gasteiger partial charge >= 0.3 is 0 Å². The first-order valence-corrected chi connectivity index (χ1v) is 9.86. The van der Waals surface area contributed by atoms with Crippen molar-refractivity contribution in [1.82, 2.24) is 0 Å². The first-order valence-electron chi connectivity index (χ1n) is 9.86. The van der Waals surface area contributed by atoms with E-state index in [4.69, 9.17) is 14.9 Å². The molecule has 0 unspecified atom stereocenters. The quantitative estimate of drug-likeness (QED) is 0.602. The molecule has 4 rings (SSSR count). The van der Waals surface area contributed by atoms with Crippen LogP contribution < -0.4 is 0 Å². The van der Waals surface area contributed by atoms with Crippen LogP contribution in [0.4, 0.5) is 0 Å². The number of nitrogens with one attached hydrogen (secondary N) is 1. The summed E-state index contributed by atoms with van der Waals surface area (Å²) < 4.78 is 12.5. The number of aliphatic hydroxyl groups excluding tert-OH is 1. The molecule has 0 aliphatic carbocycles. The molecule has 0 bridgehead atoms. The second-order valence-corrected chi connectivity index (χ2v) is 7.25. The first-order chi connectivity index (χ1) is 14.3. The normalized spacial score (nSPS) is 19.4. The van der Waals surface area contributed by atoms with Crippen molar-refractivity contribution < 1.29 is 14.6 Å². The van der Waals surface area contributed by atoms with Gasteiger partial charge in [-0.15, -0.1) is 0 Å². The van der Waals surface area contributed by atoms with Crippen molar-refractivity contribution in [2.75, 3.05) is 19.8 Å². The molecule has 1 saturated heterocycles. The summed E-state index contributed by atoms with van der Waals surface area (Å²) in [5.74, 6) is -0.324. The molecule has 1 aliphatic rings. The lowest BCUT2D eigenvalue weighted by atomic mass is 9.80. The molecule has 4 heteroatoms. The molecule has 1 heterocycles. The third kappa shape index (κ3) is 3.75. The summed E-state index contributed by atoms with van der Waals surface area (Å²) in [6.45, 7) is 0.405. The Morgan fingerprint density at radius 2 is 1.28 bits per heavy atom. The standard InChI is InChI=1S/C25H25NO3/c26-23-17-28-24(22(23)16-27)18-29-25(19-10-4-1-5-11-19,20-12-6-2-7-13-20)21-14-8-3-9-15-21/h1-15,22,24,26-27H,16-18H2/t22-,24+/m0/s1. The van der Waals surface area contributed by atoms with Gasteiger partial charge in [-0.25, -0.2) is 0 Å². The zero-order chi connectivity index (χ0) is 20.1. The van der Waals surface area contributed by atoms with Gasteiger partial charge in [-0.2, -0.15) is 0 Å². The Hall–Kier alpha value is -2.79. The molecule has 29 heavy (non-hydrogen) atoms. The van der Waals surface area contributed by atoms with Crippen LogP contribution in [0.1, 0.15) is 16.7 Å². The van der Waals surface area contributed by atoms with E-state index in [-0.39, 0.29) is 31.8 Å². The van der Waals surface area contributed by atoms with Crippen LogP contribution in [0, 0.1) is 11.3 Å². The summed E-state index contributed by atoms with van der Waals surface area (Å²) in [6.07, 6.45) is -0.344. The third-order valence-corrected chi connectivity index (χ3v) is 5.55. The average Bonchev–Trinajstić information content (AvgIpc) is 3.16. The largest absolute Gasteiger partial charge is 0.396 e. The monoisotopic (exact) mass is 387 g/mol. The SMILES string of the molecule is N=C1CO[C@H](COC(c2ccccc2)(c2ccccc2)c2ccccc2)[C@H]1CO. The molecule has 0 amide bonds. The molecule has 0 saturated carbocycles. The van der Waals surface area contributed by atoms with E-state index in [2.05, 4.69) is 36.4 Å². The zero-order valence-electron chi connectivity index (χ0n) is 16.2. The Morgan fingerprint density at radius 1 is 0.828 bits per heavy atom. The van der Waals surface area contributed by atoms with Crippen molar-refractivity contribution >= 4 is 5.71 Å². The number of hydrogen-bond acceptors (Lipinski definition) is 4. The van der Waals surface area contributed by atoms with Crippen molar-refractivity contribution in [2.24, 2.45) is 5.92 Å². The van der Waals surface area contributed by atoms with Gasteiger partial charge < -0.3 is 20.0 Å². The predicted octanol–water partition coefficient (Wildman–Crippen LogP) is 4.02. The summed E-state index contributed by atoms with van der Waals surface area (Å²) in [5, 5.41) is 17.7. The minimum absolute atomic E-state index is 0.109. The number of benzene rings is 3. The number of ether oxygens (including phenoxy) is 2. The van der Waals surface area contributed by atoms with E-state index < -0.39 is 5.60 Å². The molecule has 1 aliphatic heterocycles. The fraction of sp³-hybridized carbons (Fsp3) is 0.240. The second-order valence-electron chi connectivity index (χ2n) is 7.25. The van der Waals surface area contributed by atoms with Crippen LogP contribution in [0.3, 0.4) is 0 Å². The van der Waals surface area contributed by atoms with Crippen molar-refractivity contribution in [1.29, 1.82) is 5.41 Å². The van der Waals surface area contributed by atoms with Crippen LogP contribution in [-0.2, 0) is 15.1 Å². The molecule has 3 aromatic rings. The molecule has 1 fully saturated rings. The van der Waals surface area contributed by atoms with Crippen LogP contribution >= 0.6 is 0 Å². The van der Waals surface area contributed by atoms with Crippen molar-refractivity contribution in [3.05, 3.63) is 108 Å². The van der Waals surface area contributed by atoms with Gasteiger partial charge in [-0.05, 0) is 16.7 Å². The molecular formula is C25H25NO3. The van der Waals surface area contributed by atoms with Gasteiger partial charge in [0.25, 0.3) is 0 Å². The van der Waals surface area contributed by atoms with Gasteiger partial charge in [0.2, 0.25) is 0 Å². The fourth-order valence-corrected chi connectivity index (χ4v) is 4.01. The summed E-state index contributed by atoms with van der Waals surface area (Å²) in [6, 6.07) is 30.5. The van der Waals surface area contributed by atoms with Gasteiger partial charge in [-0.1, -0.05) is 91.0 Å². The third-order valence-electron chi connectivity index (χ3n) is 5.55. The highest BCUT2D eigenvalue weighted by Gasteiger charge is 2.40. The van der Waals surface area contributed by atoms with Gasteiger partial charge in [0.15, 0.2) is 0 Å². The van der Waals surface area contributed by atoms with Gasteiger partial charge in [0.1, 0.15) is 5.60 Å². The van der Waals surface area contributed by atoms with E-state index >= 15 is 0 Å². The highest BCUT2D eigenvalue weighted by atomic mass is 16.5. The van der Waals surface area contributed by atoms with E-state index in [0.717, 1.165) is 16.7 Å². The highest BCUT2D eigenvalue weighted by molar-refractivity contribution is 5.87. The van der Waals surface area contributed by atoms with Gasteiger partial charge in [-0.3, -0.25) is 0 Å². The lowest BCUT2D eigenvalue weighted by molar-refractivity contribution is -0.0597. The molecule has 0 radical (unpaired) electrons. The van der Waals surface area contributed by atoms with Crippen LogP contribution in [0.5, 0.6) is 0 Å². The molecule has 0 spiro atoms. The average molecular weight is 387 g/mol. The Bertz CT molecular complexity index is 831. The molecule has 0 aromatic heterocycles. The Labute approximate surface area is 171 Å². The second kappa shape index (κ2) is 8.70. The Balaban J connectivity index is 1.81. The fourth-order valence-electron chi connectivity index (χ4n) is 4.01. The van der Waals surface area contributed by atoms with Crippen molar-refractivity contribution in [2.45, 2.75) is 11.7 Å². The van der Waals surface area contributed by atoms with Crippen molar-refractivity contribution in [3.63, 3.8) is 0 Å². The predicted molar refractivity (Wildman–Crippen MR) is 113 cm³/mol. The number of hydrogen-bond donors (Lipinski definition) is 2. The maximum absolute atomic E-state index is 9.71. The van der Waals surface area contributed by atoms with Crippen LogP contribution in [0.25, 0.3) is 0 Å². The molecule has 2 N–H and O–H groups in total. The van der Waals surface area contributed by atoms with Gasteiger partial charge in [0, 0.05) is 5.71 Å². The van der Waals surface area contributed by atoms with E-state index in [1.165, 1.54) is 0 Å².